The fraction of sp³-hybridized carbons (Fsp3) is 0.538. The average molecular weight is 285 g/mol. The van der Waals surface area contributed by atoms with Gasteiger partial charge in [-0.05, 0) is 31.5 Å². The van der Waals surface area contributed by atoms with Crippen molar-refractivity contribution in [2.24, 2.45) is 0 Å². The van der Waals surface area contributed by atoms with Crippen molar-refractivity contribution in [2.45, 2.75) is 25.5 Å². The lowest BCUT2D eigenvalue weighted by atomic mass is 10.1. The molecule has 0 N–H and O–H groups in total. The van der Waals surface area contributed by atoms with Crippen LogP contribution in [0.5, 0.6) is 0 Å². The molecular weight excluding hydrogens is 268 g/mol. The highest BCUT2D eigenvalue weighted by molar-refractivity contribution is 6.31. The zero-order valence-corrected chi connectivity index (χ0v) is 11.6. The standard InChI is InChI=1S/C13H17ClN2O3/c1-15(9-12-3-2-6-19-12)8-10-7-11(16(17)18)4-5-13(10)14/h4-5,7,12H,2-3,6,8-9H2,1H3. The van der Waals surface area contributed by atoms with Crippen LogP contribution in [0.4, 0.5) is 5.69 Å². The lowest BCUT2D eigenvalue weighted by Gasteiger charge is -2.20. The summed E-state index contributed by atoms with van der Waals surface area (Å²) in [5.74, 6) is 0. The van der Waals surface area contributed by atoms with E-state index in [4.69, 9.17) is 16.3 Å². The van der Waals surface area contributed by atoms with Crippen molar-refractivity contribution in [3.63, 3.8) is 0 Å². The Labute approximate surface area is 117 Å². The highest BCUT2D eigenvalue weighted by Gasteiger charge is 2.18. The van der Waals surface area contributed by atoms with Gasteiger partial charge in [-0.3, -0.25) is 15.0 Å². The predicted octanol–water partition coefficient (Wildman–Crippen LogP) is 2.86. The third-order valence-electron chi connectivity index (χ3n) is 3.22. The van der Waals surface area contributed by atoms with Gasteiger partial charge in [-0.15, -0.1) is 0 Å². The van der Waals surface area contributed by atoms with E-state index in [9.17, 15) is 10.1 Å². The Bertz CT molecular complexity index is 461. The van der Waals surface area contributed by atoms with Crippen LogP contribution < -0.4 is 0 Å². The molecule has 104 valence electrons. The summed E-state index contributed by atoms with van der Waals surface area (Å²) in [6, 6.07) is 4.54. The first kappa shape index (κ1) is 14.2. The molecule has 0 saturated carbocycles. The summed E-state index contributed by atoms with van der Waals surface area (Å²) in [7, 11) is 1.97. The van der Waals surface area contributed by atoms with E-state index < -0.39 is 4.92 Å². The van der Waals surface area contributed by atoms with Crippen molar-refractivity contribution in [3.05, 3.63) is 38.9 Å². The van der Waals surface area contributed by atoms with Gasteiger partial charge in [0.15, 0.2) is 0 Å². The molecule has 5 nitrogen and oxygen atoms in total. The Balaban J connectivity index is 2.00. The Hall–Kier alpha value is -1.17. The third-order valence-corrected chi connectivity index (χ3v) is 3.59. The van der Waals surface area contributed by atoms with Crippen LogP contribution in [-0.2, 0) is 11.3 Å². The Morgan fingerprint density at radius 1 is 1.58 bits per heavy atom. The van der Waals surface area contributed by atoms with Gasteiger partial charge in [0, 0.05) is 36.9 Å². The zero-order valence-electron chi connectivity index (χ0n) is 10.8. The number of ether oxygens (including phenoxy) is 1. The molecule has 1 aliphatic heterocycles. The van der Waals surface area contributed by atoms with Crippen LogP contribution in [0.2, 0.25) is 5.02 Å². The molecule has 0 bridgehead atoms. The summed E-state index contributed by atoms with van der Waals surface area (Å²) in [4.78, 5) is 12.4. The van der Waals surface area contributed by atoms with Crippen molar-refractivity contribution >= 4 is 17.3 Å². The van der Waals surface area contributed by atoms with Crippen LogP contribution in [0.1, 0.15) is 18.4 Å². The minimum atomic E-state index is -0.403. The fourth-order valence-corrected chi connectivity index (χ4v) is 2.46. The SMILES string of the molecule is CN(Cc1cc([N+](=O)[O-])ccc1Cl)CC1CCCO1. The van der Waals surface area contributed by atoms with Gasteiger partial charge in [0.1, 0.15) is 0 Å². The molecule has 0 aliphatic carbocycles. The molecule has 1 unspecified atom stereocenters. The van der Waals surface area contributed by atoms with E-state index in [1.54, 1.807) is 6.07 Å². The van der Waals surface area contributed by atoms with Crippen molar-refractivity contribution in [2.75, 3.05) is 20.2 Å². The molecule has 0 amide bonds. The molecule has 1 aliphatic rings. The molecular formula is C13H17ClN2O3. The smallest absolute Gasteiger partial charge is 0.269 e. The summed E-state index contributed by atoms with van der Waals surface area (Å²) >= 11 is 6.08. The number of rotatable bonds is 5. The number of benzene rings is 1. The molecule has 0 aromatic heterocycles. The Morgan fingerprint density at radius 2 is 2.37 bits per heavy atom. The topological polar surface area (TPSA) is 55.6 Å². The molecule has 6 heteroatoms. The quantitative estimate of drug-likeness (QED) is 0.616. The van der Waals surface area contributed by atoms with Gasteiger partial charge in [-0.1, -0.05) is 11.6 Å². The summed E-state index contributed by atoms with van der Waals surface area (Å²) in [6.07, 6.45) is 2.45. The molecule has 1 atom stereocenters. The second kappa shape index (κ2) is 6.32. The van der Waals surface area contributed by atoms with Crippen LogP contribution in [0.25, 0.3) is 0 Å². The van der Waals surface area contributed by atoms with Crippen molar-refractivity contribution in [1.82, 2.24) is 4.90 Å². The minimum absolute atomic E-state index is 0.0740. The number of nitro groups is 1. The Morgan fingerprint density at radius 3 is 3.00 bits per heavy atom. The number of nitrogens with zero attached hydrogens (tertiary/aromatic N) is 2. The first-order chi connectivity index (χ1) is 9.06. The van der Waals surface area contributed by atoms with Crippen LogP contribution in [-0.4, -0.2) is 36.1 Å². The van der Waals surface area contributed by atoms with E-state index in [1.165, 1.54) is 12.1 Å². The maximum atomic E-state index is 10.8. The van der Waals surface area contributed by atoms with Gasteiger partial charge in [0.2, 0.25) is 0 Å². The first-order valence-corrected chi connectivity index (χ1v) is 6.67. The summed E-state index contributed by atoms with van der Waals surface area (Å²) in [5, 5.41) is 11.3. The largest absolute Gasteiger partial charge is 0.377 e. The van der Waals surface area contributed by atoms with Crippen molar-refractivity contribution < 1.29 is 9.66 Å². The number of hydrogen-bond donors (Lipinski definition) is 0. The second-order valence-electron chi connectivity index (χ2n) is 4.86. The number of hydrogen-bond acceptors (Lipinski definition) is 4. The van der Waals surface area contributed by atoms with E-state index in [-0.39, 0.29) is 11.8 Å². The van der Waals surface area contributed by atoms with Gasteiger partial charge < -0.3 is 4.74 Å². The number of nitro benzene ring substituents is 1. The van der Waals surface area contributed by atoms with Crippen LogP contribution in [0.3, 0.4) is 0 Å². The lowest BCUT2D eigenvalue weighted by Crippen LogP contribution is -2.28. The first-order valence-electron chi connectivity index (χ1n) is 6.29. The van der Waals surface area contributed by atoms with Gasteiger partial charge in [0.25, 0.3) is 5.69 Å². The molecule has 1 saturated heterocycles. The van der Waals surface area contributed by atoms with Gasteiger partial charge in [-0.25, -0.2) is 0 Å². The van der Waals surface area contributed by atoms with E-state index in [2.05, 4.69) is 4.90 Å². The van der Waals surface area contributed by atoms with Gasteiger partial charge >= 0.3 is 0 Å². The maximum absolute atomic E-state index is 10.8. The lowest BCUT2D eigenvalue weighted by molar-refractivity contribution is -0.384. The van der Waals surface area contributed by atoms with E-state index in [0.717, 1.165) is 31.6 Å². The predicted molar refractivity (Wildman–Crippen MR) is 73.4 cm³/mol. The maximum Gasteiger partial charge on any atom is 0.269 e. The van der Waals surface area contributed by atoms with E-state index >= 15 is 0 Å². The second-order valence-corrected chi connectivity index (χ2v) is 5.27. The van der Waals surface area contributed by atoms with Crippen LogP contribution >= 0.6 is 11.6 Å². The number of likely N-dealkylation sites (N-methyl/N-ethyl adjacent to an activating group) is 1. The monoisotopic (exact) mass is 284 g/mol. The van der Waals surface area contributed by atoms with Crippen LogP contribution in [0.15, 0.2) is 18.2 Å². The summed E-state index contributed by atoms with van der Waals surface area (Å²) < 4.78 is 5.57. The van der Waals surface area contributed by atoms with Gasteiger partial charge in [0.05, 0.1) is 11.0 Å². The minimum Gasteiger partial charge on any atom is -0.377 e. The molecule has 1 heterocycles. The highest BCUT2D eigenvalue weighted by atomic mass is 35.5. The highest BCUT2D eigenvalue weighted by Crippen LogP contribution is 2.23. The normalized spacial score (nSPS) is 19.0. The Kier molecular flexibility index (Phi) is 4.74. The van der Waals surface area contributed by atoms with E-state index in [0.29, 0.717) is 11.6 Å². The molecule has 1 aromatic rings. The third kappa shape index (κ3) is 3.89. The van der Waals surface area contributed by atoms with Crippen LogP contribution in [0, 0.1) is 10.1 Å². The zero-order chi connectivity index (χ0) is 13.8. The van der Waals surface area contributed by atoms with Gasteiger partial charge in [-0.2, -0.15) is 0 Å². The summed E-state index contributed by atoms with van der Waals surface area (Å²) in [5.41, 5.74) is 0.848. The van der Waals surface area contributed by atoms with E-state index in [1.807, 2.05) is 7.05 Å². The molecule has 1 aromatic carbocycles. The fourth-order valence-electron chi connectivity index (χ4n) is 2.29. The molecule has 1 fully saturated rings. The van der Waals surface area contributed by atoms with Crippen molar-refractivity contribution in [3.8, 4) is 0 Å². The van der Waals surface area contributed by atoms with Crippen molar-refractivity contribution in [1.29, 1.82) is 0 Å². The number of non-ortho nitro benzene ring substituents is 1. The molecule has 0 radical (unpaired) electrons. The molecule has 0 spiro atoms. The number of halogens is 1. The molecule has 2 rings (SSSR count). The summed E-state index contributed by atoms with van der Waals surface area (Å²) in [6.45, 7) is 2.23. The average Bonchev–Trinajstić information content (AvgIpc) is 2.84. The molecule has 19 heavy (non-hydrogen) atoms.